The first-order valence-electron chi connectivity index (χ1n) is 8.75. The van der Waals surface area contributed by atoms with Gasteiger partial charge in [0.05, 0.1) is 6.04 Å². The predicted octanol–water partition coefficient (Wildman–Crippen LogP) is 5.62. The summed E-state index contributed by atoms with van der Waals surface area (Å²) in [6.45, 7) is 4.70. The summed E-state index contributed by atoms with van der Waals surface area (Å²) >= 11 is 3.76. The number of allylic oxidation sites excluding steroid dienone is 2. The van der Waals surface area contributed by atoms with Crippen LogP contribution >= 0.6 is 15.9 Å². The number of benzene rings is 2. The van der Waals surface area contributed by atoms with Gasteiger partial charge in [0.15, 0.2) is 11.5 Å². The highest BCUT2D eigenvalue weighted by Gasteiger charge is 2.40. The zero-order valence-electron chi connectivity index (χ0n) is 14.3. The minimum absolute atomic E-state index is 0.248. The Bertz CT molecular complexity index is 905. The van der Waals surface area contributed by atoms with Gasteiger partial charge in [0.25, 0.3) is 0 Å². The smallest absolute Gasteiger partial charge is 0.231 e. The van der Waals surface area contributed by atoms with Gasteiger partial charge in [-0.05, 0) is 66.6 Å². The SMILES string of the molecule is Cc1cc(C)c2c(c1)N[C@H](c1cc3c(cc1Br)OCO3)[C@H]1CC=C[C@@H]21. The van der Waals surface area contributed by atoms with Gasteiger partial charge in [-0.2, -0.15) is 0 Å². The molecule has 3 atom stereocenters. The molecule has 1 N–H and O–H groups in total. The van der Waals surface area contributed by atoms with Crippen molar-refractivity contribution in [1.82, 2.24) is 0 Å². The molecule has 1 aliphatic carbocycles. The Kier molecular flexibility index (Phi) is 3.39. The van der Waals surface area contributed by atoms with E-state index >= 15 is 0 Å². The van der Waals surface area contributed by atoms with Crippen molar-refractivity contribution in [3.05, 3.63) is 63.1 Å². The van der Waals surface area contributed by atoms with Crippen LogP contribution in [0.4, 0.5) is 5.69 Å². The van der Waals surface area contributed by atoms with Crippen LogP contribution in [-0.4, -0.2) is 6.79 Å². The molecule has 0 fully saturated rings. The summed E-state index contributed by atoms with van der Waals surface area (Å²) in [6, 6.07) is 8.98. The monoisotopic (exact) mass is 397 g/mol. The minimum Gasteiger partial charge on any atom is -0.454 e. The maximum absolute atomic E-state index is 5.62. The summed E-state index contributed by atoms with van der Waals surface area (Å²) in [5.41, 5.74) is 6.64. The Morgan fingerprint density at radius 3 is 2.72 bits per heavy atom. The van der Waals surface area contributed by atoms with Crippen molar-refractivity contribution >= 4 is 21.6 Å². The summed E-state index contributed by atoms with van der Waals surface area (Å²) in [4.78, 5) is 0. The van der Waals surface area contributed by atoms with E-state index in [-0.39, 0.29) is 6.04 Å². The first kappa shape index (κ1) is 15.3. The third kappa shape index (κ3) is 2.30. The topological polar surface area (TPSA) is 30.5 Å². The zero-order valence-corrected chi connectivity index (χ0v) is 15.9. The maximum Gasteiger partial charge on any atom is 0.231 e. The average Bonchev–Trinajstić information content (AvgIpc) is 3.21. The van der Waals surface area contributed by atoms with Gasteiger partial charge in [-0.15, -0.1) is 0 Å². The first-order valence-corrected chi connectivity index (χ1v) is 9.54. The van der Waals surface area contributed by atoms with Crippen LogP contribution in [0.2, 0.25) is 0 Å². The summed E-state index contributed by atoms with van der Waals surface area (Å²) in [5, 5.41) is 3.83. The fourth-order valence-corrected chi connectivity index (χ4v) is 5.19. The van der Waals surface area contributed by atoms with E-state index in [1.807, 2.05) is 6.07 Å². The van der Waals surface area contributed by atoms with Gasteiger partial charge < -0.3 is 14.8 Å². The molecule has 0 aromatic heterocycles. The number of ether oxygens (including phenoxy) is 2. The van der Waals surface area contributed by atoms with Crippen molar-refractivity contribution in [2.24, 2.45) is 5.92 Å². The minimum atomic E-state index is 0.248. The van der Waals surface area contributed by atoms with E-state index in [2.05, 4.69) is 65.4 Å². The summed E-state index contributed by atoms with van der Waals surface area (Å²) in [6.07, 6.45) is 5.82. The summed E-state index contributed by atoms with van der Waals surface area (Å²) in [5.74, 6) is 2.65. The van der Waals surface area contributed by atoms with E-state index in [1.54, 1.807) is 0 Å². The molecule has 128 valence electrons. The highest BCUT2D eigenvalue weighted by Crippen LogP contribution is 2.53. The van der Waals surface area contributed by atoms with Gasteiger partial charge in [-0.3, -0.25) is 0 Å². The van der Waals surface area contributed by atoms with Crippen molar-refractivity contribution in [1.29, 1.82) is 0 Å². The first-order chi connectivity index (χ1) is 12.1. The molecule has 0 amide bonds. The van der Waals surface area contributed by atoms with Gasteiger partial charge in [0.1, 0.15) is 0 Å². The second-order valence-electron chi connectivity index (χ2n) is 7.25. The Morgan fingerprint density at radius 1 is 1.08 bits per heavy atom. The molecule has 0 unspecified atom stereocenters. The predicted molar refractivity (Wildman–Crippen MR) is 103 cm³/mol. The Morgan fingerprint density at radius 2 is 1.88 bits per heavy atom. The van der Waals surface area contributed by atoms with Crippen molar-refractivity contribution < 1.29 is 9.47 Å². The molecule has 2 aliphatic heterocycles. The zero-order chi connectivity index (χ0) is 17.1. The van der Waals surface area contributed by atoms with E-state index in [0.29, 0.717) is 18.6 Å². The number of halogens is 1. The van der Waals surface area contributed by atoms with Gasteiger partial charge >= 0.3 is 0 Å². The standard InChI is InChI=1S/C21H20BrNO2/c1-11-6-12(2)20-13-4-3-5-14(13)21(23-17(20)7-11)15-8-18-19(9-16(15)22)25-10-24-18/h3-4,6-9,13-14,21,23H,5,10H2,1-2H3/t13-,14+,21+/m1/s1. The van der Waals surface area contributed by atoms with E-state index in [0.717, 1.165) is 22.4 Å². The quantitative estimate of drug-likeness (QED) is 0.633. The fourth-order valence-electron chi connectivity index (χ4n) is 4.62. The molecule has 0 saturated carbocycles. The maximum atomic E-state index is 5.62. The highest BCUT2D eigenvalue weighted by atomic mass is 79.9. The van der Waals surface area contributed by atoms with Crippen LogP contribution in [0.25, 0.3) is 0 Å². The average molecular weight is 398 g/mol. The summed E-state index contributed by atoms with van der Waals surface area (Å²) in [7, 11) is 0. The second kappa shape index (κ2) is 5.53. The largest absolute Gasteiger partial charge is 0.454 e. The van der Waals surface area contributed by atoms with Crippen LogP contribution < -0.4 is 14.8 Å². The molecule has 2 aromatic carbocycles. The lowest BCUT2D eigenvalue weighted by Crippen LogP contribution is -2.30. The van der Waals surface area contributed by atoms with Gasteiger partial charge in [-0.1, -0.05) is 34.1 Å². The van der Waals surface area contributed by atoms with Gasteiger partial charge in [0.2, 0.25) is 6.79 Å². The van der Waals surface area contributed by atoms with Crippen LogP contribution in [0, 0.1) is 19.8 Å². The Hall–Kier alpha value is -1.94. The molecule has 2 aromatic rings. The van der Waals surface area contributed by atoms with Crippen LogP contribution in [0.15, 0.2) is 40.9 Å². The van der Waals surface area contributed by atoms with Crippen molar-refractivity contribution in [2.75, 3.05) is 12.1 Å². The highest BCUT2D eigenvalue weighted by molar-refractivity contribution is 9.10. The molecule has 0 bridgehead atoms. The lowest BCUT2D eigenvalue weighted by molar-refractivity contribution is 0.174. The molecule has 3 nitrogen and oxygen atoms in total. The molecular weight excluding hydrogens is 378 g/mol. The van der Waals surface area contributed by atoms with Gasteiger partial charge in [0, 0.05) is 16.1 Å². The van der Waals surface area contributed by atoms with Crippen LogP contribution in [-0.2, 0) is 0 Å². The molecule has 5 rings (SSSR count). The summed E-state index contributed by atoms with van der Waals surface area (Å²) < 4.78 is 12.2. The molecule has 0 spiro atoms. The molecular formula is C21H20BrNO2. The lowest BCUT2D eigenvalue weighted by atomic mass is 9.75. The van der Waals surface area contributed by atoms with Gasteiger partial charge in [-0.25, -0.2) is 0 Å². The Labute approximate surface area is 156 Å². The number of aryl methyl sites for hydroxylation is 2. The third-order valence-electron chi connectivity index (χ3n) is 5.64. The normalized spacial score (nSPS) is 25.5. The van der Waals surface area contributed by atoms with E-state index in [4.69, 9.17) is 9.47 Å². The molecule has 0 saturated heterocycles. The molecule has 2 heterocycles. The molecule has 4 heteroatoms. The number of hydrogen-bond acceptors (Lipinski definition) is 3. The fraction of sp³-hybridized carbons (Fsp3) is 0.333. The molecule has 3 aliphatic rings. The number of nitrogens with one attached hydrogen (secondary N) is 1. The van der Waals surface area contributed by atoms with Crippen molar-refractivity contribution in [3.8, 4) is 11.5 Å². The lowest BCUT2D eigenvalue weighted by Gasteiger charge is -2.39. The number of fused-ring (bicyclic) bond motifs is 4. The van der Waals surface area contributed by atoms with Crippen molar-refractivity contribution in [3.63, 3.8) is 0 Å². The molecule has 25 heavy (non-hydrogen) atoms. The molecule has 0 radical (unpaired) electrons. The third-order valence-corrected chi connectivity index (χ3v) is 6.33. The number of anilines is 1. The van der Waals surface area contributed by atoms with E-state index in [1.165, 1.54) is 27.9 Å². The van der Waals surface area contributed by atoms with Crippen molar-refractivity contribution in [2.45, 2.75) is 32.2 Å². The number of rotatable bonds is 1. The van der Waals surface area contributed by atoms with E-state index in [9.17, 15) is 0 Å². The van der Waals surface area contributed by atoms with E-state index < -0.39 is 0 Å². The Balaban J connectivity index is 1.64. The second-order valence-corrected chi connectivity index (χ2v) is 8.10. The van der Waals surface area contributed by atoms with Crippen LogP contribution in [0.5, 0.6) is 11.5 Å². The van der Waals surface area contributed by atoms with Crippen LogP contribution in [0.3, 0.4) is 0 Å². The number of hydrogen-bond donors (Lipinski definition) is 1. The van der Waals surface area contributed by atoms with Crippen LogP contribution in [0.1, 0.15) is 40.6 Å².